The summed E-state index contributed by atoms with van der Waals surface area (Å²) in [5.41, 5.74) is 9.85. The Bertz CT molecular complexity index is 2000. The second-order valence-corrected chi connectivity index (χ2v) is 17.2. The fraction of sp³-hybridized carbons (Fsp3) is 0.594. The van der Waals surface area contributed by atoms with Crippen LogP contribution in [0.1, 0.15) is 85.2 Å². The topological polar surface area (TPSA) is 160 Å². The average Bonchev–Trinajstić information content (AvgIpc) is 3.85. The van der Waals surface area contributed by atoms with Gasteiger partial charge in [-0.2, -0.15) is 10.4 Å². The lowest BCUT2D eigenvalue weighted by atomic mass is 9.63. The van der Waals surface area contributed by atoms with Crippen molar-refractivity contribution in [3.05, 3.63) is 33.5 Å². The molecule has 2 fully saturated rings. The molecule has 2 saturated heterocycles. The summed E-state index contributed by atoms with van der Waals surface area (Å²) in [6.07, 6.45) is 11.3. The van der Waals surface area contributed by atoms with E-state index in [1.54, 1.807) is 0 Å². The lowest BCUT2D eigenvalue weighted by molar-refractivity contribution is 0.232. The van der Waals surface area contributed by atoms with Gasteiger partial charge in [-0.1, -0.05) is 5.16 Å². The van der Waals surface area contributed by atoms with Gasteiger partial charge < -0.3 is 20.1 Å². The van der Waals surface area contributed by atoms with Crippen LogP contribution in [0, 0.1) is 11.3 Å². The molecule has 12 nitrogen and oxygen atoms in total. The van der Waals surface area contributed by atoms with Gasteiger partial charge in [-0.15, -0.1) is 11.3 Å². The zero-order chi connectivity index (χ0) is 32.0. The van der Waals surface area contributed by atoms with Crippen molar-refractivity contribution in [2.24, 2.45) is 0 Å². The molecule has 8 rings (SSSR count). The number of nitrogens with two attached hydrogens (primary N) is 1. The maximum Gasteiger partial charge on any atom is 0.186 e. The Morgan fingerprint density at radius 3 is 2.70 bits per heavy atom. The SMILES string of the molecule is C[C@@H]([C@@H]1CCCN1C)n1ncc2c(N3CC[C@@H](S(C)(=O)=O)C3)nc(-c3noc4c3CCC[C@@]43CCCc4sc(N)c(C#N)c43)nc21. The smallest absolute Gasteiger partial charge is 0.186 e. The van der Waals surface area contributed by atoms with E-state index in [-0.39, 0.29) is 6.04 Å². The number of thiophene rings is 1. The number of aromatic nitrogens is 5. The number of sulfone groups is 1. The molecule has 0 aromatic carbocycles. The summed E-state index contributed by atoms with van der Waals surface area (Å²) in [6.45, 7) is 4.19. The van der Waals surface area contributed by atoms with E-state index in [2.05, 4.69) is 35.0 Å². The van der Waals surface area contributed by atoms with Gasteiger partial charge in [0, 0.05) is 35.8 Å². The number of fused-ring (bicyclic) bond motifs is 5. The fourth-order valence-electron chi connectivity index (χ4n) is 8.75. The summed E-state index contributed by atoms with van der Waals surface area (Å²) in [5.74, 6) is 1.95. The van der Waals surface area contributed by atoms with Crippen molar-refractivity contribution >= 4 is 43.0 Å². The lowest BCUT2D eigenvalue weighted by Crippen LogP contribution is -2.35. The molecule has 0 amide bonds. The summed E-state index contributed by atoms with van der Waals surface area (Å²) < 4.78 is 33.3. The van der Waals surface area contributed by atoms with Gasteiger partial charge in [-0.25, -0.2) is 23.1 Å². The van der Waals surface area contributed by atoms with E-state index in [1.807, 2.05) is 10.9 Å². The Morgan fingerprint density at radius 2 is 1.98 bits per heavy atom. The third kappa shape index (κ3) is 4.41. The molecule has 14 heteroatoms. The van der Waals surface area contributed by atoms with Crippen LogP contribution in [0.3, 0.4) is 0 Å². The third-order valence-corrected chi connectivity index (χ3v) is 13.7. The van der Waals surface area contributed by atoms with Crippen LogP contribution in [0.4, 0.5) is 10.8 Å². The van der Waals surface area contributed by atoms with Gasteiger partial charge in [0.15, 0.2) is 32.8 Å². The Hall–Kier alpha value is -3.54. The van der Waals surface area contributed by atoms with E-state index in [0.29, 0.717) is 53.5 Å². The minimum Gasteiger partial charge on any atom is -0.389 e. The van der Waals surface area contributed by atoms with Gasteiger partial charge in [-0.3, -0.25) is 0 Å². The predicted octanol–water partition coefficient (Wildman–Crippen LogP) is 4.23. The molecule has 0 unspecified atom stereocenters. The normalized spacial score (nSPS) is 25.7. The molecule has 0 bridgehead atoms. The minimum atomic E-state index is -3.20. The highest BCUT2D eigenvalue weighted by atomic mass is 32.2. The van der Waals surface area contributed by atoms with Crippen molar-refractivity contribution in [3.63, 3.8) is 0 Å². The number of aryl methyl sites for hydroxylation is 1. The van der Waals surface area contributed by atoms with Gasteiger partial charge in [0.2, 0.25) is 0 Å². The van der Waals surface area contributed by atoms with Gasteiger partial charge in [-0.05, 0) is 83.9 Å². The summed E-state index contributed by atoms with van der Waals surface area (Å²) in [5, 5.41) is 20.6. The molecule has 2 aliphatic carbocycles. The van der Waals surface area contributed by atoms with Gasteiger partial charge in [0.1, 0.15) is 16.9 Å². The van der Waals surface area contributed by atoms with Crippen molar-refractivity contribution in [1.82, 2.24) is 29.8 Å². The number of hydrogen-bond acceptors (Lipinski definition) is 12. The molecule has 2 aliphatic heterocycles. The van der Waals surface area contributed by atoms with Crippen LogP contribution in [0.25, 0.3) is 22.6 Å². The van der Waals surface area contributed by atoms with Gasteiger partial charge >= 0.3 is 0 Å². The van der Waals surface area contributed by atoms with Crippen LogP contribution in [-0.4, -0.2) is 82.5 Å². The zero-order valence-corrected chi connectivity index (χ0v) is 28.1. The Labute approximate surface area is 272 Å². The molecule has 6 heterocycles. The average molecular weight is 662 g/mol. The number of nitrogen functional groups attached to an aromatic ring is 1. The van der Waals surface area contributed by atoms with Crippen molar-refractivity contribution in [2.75, 3.05) is 43.6 Å². The molecule has 1 spiro atoms. The lowest BCUT2D eigenvalue weighted by Gasteiger charge is -2.39. The highest BCUT2D eigenvalue weighted by molar-refractivity contribution is 7.91. The van der Waals surface area contributed by atoms with E-state index in [1.165, 1.54) is 22.5 Å². The predicted molar refractivity (Wildman–Crippen MR) is 177 cm³/mol. The van der Waals surface area contributed by atoms with E-state index in [0.717, 1.165) is 85.8 Å². The zero-order valence-electron chi connectivity index (χ0n) is 26.5. The van der Waals surface area contributed by atoms with Crippen LogP contribution in [-0.2, 0) is 28.1 Å². The summed E-state index contributed by atoms with van der Waals surface area (Å²) in [4.78, 5) is 15.9. The number of nitriles is 1. The first kappa shape index (κ1) is 29.8. The molecular formula is C32H39N9O3S2. The summed E-state index contributed by atoms with van der Waals surface area (Å²) in [6, 6.07) is 2.80. The molecule has 4 atom stereocenters. The maximum atomic E-state index is 12.5. The van der Waals surface area contributed by atoms with Crippen molar-refractivity contribution in [2.45, 2.75) is 87.5 Å². The summed E-state index contributed by atoms with van der Waals surface area (Å²) in [7, 11) is -1.04. The Morgan fingerprint density at radius 1 is 1.17 bits per heavy atom. The monoisotopic (exact) mass is 661 g/mol. The van der Waals surface area contributed by atoms with Gasteiger partial charge in [0.25, 0.3) is 0 Å². The van der Waals surface area contributed by atoms with Crippen molar-refractivity contribution in [3.8, 4) is 17.6 Å². The molecule has 4 aromatic rings. The van der Waals surface area contributed by atoms with Crippen molar-refractivity contribution in [1.29, 1.82) is 5.26 Å². The Kier molecular flexibility index (Phi) is 6.97. The molecule has 0 saturated carbocycles. The van der Waals surface area contributed by atoms with Crippen LogP contribution in [0.5, 0.6) is 0 Å². The highest BCUT2D eigenvalue weighted by Crippen LogP contribution is 2.55. The van der Waals surface area contributed by atoms with Crippen molar-refractivity contribution < 1.29 is 12.9 Å². The van der Waals surface area contributed by atoms with E-state index < -0.39 is 20.5 Å². The highest BCUT2D eigenvalue weighted by Gasteiger charge is 2.49. The largest absolute Gasteiger partial charge is 0.389 e. The quantitative estimate of drug-likeness (QED) is 0.326. The maximum absolute atomic E-state index is 12.5. The second kappa shape index (κ2) is 10.7. The number of likely N-dealkylation sites (tertiary alicyclic amines) is 1. The van der Waals surface area contributed by atoms with E-state index in [4.69, 9.17) is 25.3 Å². The van der Waals surface area contributed by atoms with Crippen LogP contribution < -0.4 is 10.6 Å². The minimum absolute atomic E-state index is 0.0755. The van der Waals surface area contributed by atoms with Crippen LogP contribution >= 0.6 is 11.3 Å². The van der Waals surface area contributed by atoms with E-state index >= 15 is 0 Å². The number of rotatable bonds is 5. The Balaban J connectivity index is 1.29. The first-order chi connectivity index (χ1) is 22.1. The number of likely N-dealkylation sites (N-methyl/N-ethyl adjacent to an activating group) is 1. The standard InChI is InChI=1S/C32H39N9O3S2/c1-18(23-8-6-13-39(23)2)41-31-22(16-35-41)30(40-14-10-19(17-40)46(3,42)43)36-29(37-31)26-20-7-4-11-32(27(20)44-38-26)12-5-9-24-25(32)21(15-33)28(34)45-24/h16,18-19,23H,4-14,17,34H2,1-3H3/t18-,19+,23-,32-/m0/s1. The second-order valence-electron chi connectivity index (χ2n) is 13.7. The first-order valence-corrected chi connectivity index (χ1v) is 19.1. The van der Waals surface area contributed by atoms with Crippen LogP contribution in [0.2, 0.25) is 0 Å². The number of hydrogen-bond donors (Lipinski definition) is 1. The third-order valence-electron chi connectivity index (χ3n) is 11.1. The number of nitrogens with zero attached hydrogens (tertiary/aromatic N) is 8. The van der Waals surface area contributed by atoms with Gasteiger partial charge in [0.05, 0.1) is 33.9 Å². The molecule has 0 radical (unpaired) electrons. The number of anilines is 2. The van der Waals surface area contributed by atoms with E-state index in [9.17, 15) is 13.7 Å². The summed E-state index contributed by atoms with van der Waals surface area (Å²) >= 11 is 1.53. The molecule has 4 aromatic heterocycles. The molecule has 4 aliphatic rings. The van der Waals surface area contributed by atoms with Crippen LogP contribution in [0.15, 0.2) is 10.7 Å². The molecular weight excluding hydrogens is 623 g/mol. The molecule has 242 valence electrons. The molecule has 2 N–H and O–H groups in total. The molecule has 46 heavy (non-hydrogen) atoms. The fourth-order valence-corrected chi connectivity index (χ4v) is 10.9. The first-order valence-electron chi connectivity index (χ1n) is 16.3.